The molecular weight excluding hydrogens is 348 g/mol. The second kappa shape index (κ2) is 8.96. The average molecular weight is 370 g/mol. The van der Waals surface area contributed by atoms with Gasteiger partial charge in [0.2, 0.25) is 0 Å². The van der Waals surface area contributed by atoms with E-state index in [0.717, 1.165) is 23.6 Å². The molecule has 3 rings (SSSR count). The molecule has 3 aromatic carbocycles. The molecule has 0 atom stereocenters. The zero-order valence-electron chi connectivity index (χ0n) is 15.9. The minimum absolute atomic E-state index is 0.119. The number of hydrogen-bond donors (Lipinski definition) is 0. The van der Waals surface area contributed by atoms with Gasteiger partial charge in [-0.1, -0.05) is 49.1 Å². The minimum atomic E-state index is -0.391. The van der Waals surface area contributed by atoms with Gasteiger partial charge in [0.05, 0.1) is 5.56 Å². The summed E-state index contributed by atoms with van der Waals surface area (Å²) in [6.07, 6.45) is 7.38. The van der Waals surface area contributed by atoms with Crippen molar-refractivity contribution in [1.29, 1.82) is 0 Å². The van der Waals surface area contributed by atoms with E-state index in [2.05, 4.69) is 12.7 Å². The topological polar surface area (TPSA) is 43.4 Å². The Morgan fingerprint density at radius 1 is 0.929 bits per heavy atom. The number of hydrogen-bond acceptors (Lipinski definition) is 3. The molecule has 28 heavy (non-hydrogen) atoms. The highest BCUT2D eigenvalue weighted by atomic mass is 16.5. The summed E-state index contributed by atoms with van der Waals surface area (Å²) in [7, 11) is 0. The molecule has 0 bridgehead atoms. The third kappa shape index (κ3) is 4.63. The van der Waals surface area contributed by atoms with Crippen LogP contribution < -0.4 is 4.74 Å². The highest BCUT2D eigenvalue weighted by molar-refractivity contribution is 6.06. The molecule has 140 valence electrons. The molecule has 0 aromatic heterocycles. The summed E-state index contributed by atoms with van der Waals surface area (Å²) in [4.78, 5) is 24.1. The SMILES string of the molecule is C=CC(=O)c1ccc2cc(OC(=O)c3ccc(CCC=CC)cc3)ccc2c1. The zero-order chi connectivity index (χ0) is 19.9. The Kier molecular flexibility index (Phi) is 6.18. The fraction of sp³-hybridized carbons (Fsp3) is 0.120. The Hall–Kier alpha value is -3.46. The van der Waals surface area contributed by atoms with Crippen LogP contribution in [-0.2, 0) is 6.42 Å². The van der Waals surface area contributed by atoms with E-state index >= 15 is 0 Å². The molecular formula is C25H22O3. The molecule has 0 unspecified atom stereocenters. The van der Waals surface area contributed by atoms with Crippen molar-refractivity contribution in [3.8, 4) is 5.75 Å². The summed E-state index contributed by atoms with van der Waals surface area (Å²) >= 11 is 0. The summed E-state index contributed by atoms with van der Waals surface area (Å²) in [5, 5.41) is 1.79. The van der Waals surface area contributed by atoms with Crippen LogP contribution in [0.3, 0.4) is 0 Å². The molecule has 3 heteroatoms. The molecule has 3 aromatic rings. The van der Waals surface area contributed by atoms with Crippen LogP contribution in [0.1, 0.15) is 39.6 Å². The van der Waals surface area contributed by atoms with Crippen LogP contribution in [-0.4, -0.2) is 11.8 Å². The molecule has 0 saturated heterocycles. The van der Waals surface area contributed by atoms with E-state index in [0.29, 0.717) is 16.9 Å². The Bertz CT molecular complexity index is 1040. The third-order valence-corrected chi connectivity index (χ3v) is 4.52. The van der Waals surface area contributed by atoms with Crippen molar-refractivity contribution < 1.29 is 14.3 Å². The van der Waals surface area contributed by atoms with Crippen LogP contribution in [0.25, 0.3) is 10.8 Å². The van der Waals surface area contributed by atoms with E-state index in [-0.39, 0.29) is 5.78 Å². The van der Waals surface area contributed by atoms with Gasteiger partial charge >= 0.3 is 5.97 Å². The lowest BCUT2D eigenvalue weighted by molar-refractivity contribution is 0.0735. The summed E-state index contributed by atoms with van der Waals surface area (Å²) in [6.45, 7) is 5.51. The first-order chi connectivity index (χ1) is 13.6. The van der Waals surface area contributed by atoms with Crippen molar-refractivity contribution >= 4 is 22.5 Å². The second-order valence-electron chi connectivity index (χ2n) is 6.49. The monoisotopic (exact) mass is 370 g/mol. The maximum absolute atomic E-state index is 12.4. The molecule has 0 spiro atoms. The average Bonchev–Trinajstić information content (AvgIpc) is 2.73. The maximum atomic E-state index is 12.4. The van der Waals surface area contributed by atoms with Crippen LogP contribution in [0.15, 0.2) is 85.5 Å². The number of esters is 1. The predicted molar refractivity (Wildman–Crippen MR) is 113 cm³/mol. The first kappa shape index (κ1) is 19.3. The molecule has 0 heterocycles. The smallest absolute Gasteiger partial charge is 0.343 e. The van der Waals surface area contributed by atoms with Gasteiger partial charge in [0, 0.05) is 5.56 Å². The largest absolute Gasteiger partial charge is 0.423 e. The lowest BCUT2D eigenvalue weighted by atomic mass is 10.0. The van der Waals surface area contributed by atoms with Gasteiger partial charge in [0.25, 0.3) is 0 Å². The van der Waals surface area contributed by atoms with Crippen LogP contribution in [0, 0.1) is 0 Å². The number of rotatable bonds is 7. The van der Waals surface area contributed by atoms with Gasteiger partial charge in [0.15, 0.2) is 5.78 Å². The summed E-state index contributed by atoms with van der Waals surface area (Å²) in [5.41, 5.74) is 2.29. The molecule has 0 saturated carbocycles. The van der Waals surface area contributed by atoms with Crippen molar-refractivity contribution in [2.45, 2.75) is 19.8 Å². The Morgan fingerprint density at radius 3 is 2.32 bits per heavy atom. The molecule has 3 nitrogen and oxygen atoms in total. The fourth-order valence-corrected chi connectivity index (χ4v) is 2.95. The molecule has 0 N–H and O–H groups in total. The van der Waals surface area contributed by atoms with E-state index < -0.39 is 5.97 Å². The summed E-state index contributed by atoms with van der Waals surface area (Å²) < 4.78 is 5.51. The highest BCUT2D eigenvalue weighted by Crippen LogP contribution is 2.23. The molecule has 0 amide bonds. The Morgan fingerprint density at radius 2 is 1.61 bits per heavy atom. The standard InChI is InChI=1S/C25H22O3/c1-3-5-6-7-18-8-10-19(11-9-18)25(27)28-23-15-14-20-16-22(24(26)4-2)13-12-21(20)17-23/h3-5,8-17H,2,6-7H2,1H3. The van der Waals surface area contributed by atoms with E-state index in [1.807, 2.05) is 37.3 Å². The van der Waals surface area contributed by atoms with Crippen molar-refractivity contribution in [1.82, 2.24) is 0 Å². The molecule has 0 fully saturated rings. The van der Waals surface area contributed by atoms with Crippen LogP contribution in [0.5, 0.6) is 5.75 Å². The van der Waals surface area contributed by atoms with E-state index in [1.165, 1.54) is 11.6 Å². The van der Waals surface area contributed by atoms with E-state index in [1.54, 1.807) is 36.4 Å². The number of ketones is 1. The van der Waals surface area contributed by atoms with Crippen molar-refractivity contribution in [3.05, 3.63) is 102 Å². The van der Waals surface area contributed by atoms with Crippen LogP contribution in [0.4, 0.5) is 0 Å². The molecule has 0 aliphatic heterocycles. The van der Waals surface area contributed by atoms with Gasteiger partial charge in [-0.05, 0) is 72.5 Å². The Labute approximate surface area is 165 Å². The van der Waals surface area contributed by atoms with Crippen molar-refractivity contribution in [2.24, 2.45) is 0 Å². The Balaban J connectivity index is 1.72. The van der Waals surface area contributed by atoms with Gasteiger partial charge < -0.3 is 4.74 Å². The number of aryl methyl sites for hydroxylation is 1. The van der Waals surface area contributed by atoms with Crippen molar-refractivity contribution in [2.75, 3.05) is 0 Å². The van der Waals surface area contributed by atoms with E-state index in [9.17, 15) is 9.59 Å². The maximum Gasteiger partial charge on any atom is 0.343 e. The molecule has 0 radical (unpaired) electrons. The number of ether oxygens (including phenoxy) is 1. The quantitative estimate of drug-likeness (QED) is 0.170. The van der Waals surface area contributed by atoms with Gasteiger partial charge in [-0.15, -0.1) is 0 Å². The van der Waals surface area contributed by atoms with Gasteiger partial charge in [-0.3, -0.25) is 4.79 Å². The lowest BCUT2D eigenvalue weighted by Crippen LogP contribution is -2.08. The van der Waals surface area contributed by atoms with Gasteiger partial charge in [-0.25, -0.2) is 4.79 Å². The van der Waals surface area contributed by atoms with E-state index in [4.69, 9.17) is 4.74 Å². The second-order valence-corrected chi connectivity index (χ2v) is 6.49. The normalized spacial score (nSPS) is 10.9. The number of fused-ring (bicyclic) bond motifs is 1. The first-order valence-corrected chi connectivity index (χ1v) is 9.23. The number of carbonyl (C=O) groups is 2. The van der Waals surface area contributed by atoms with Gasteiger partial charge in [-0.2, -0.15) is 0 Å². The number of carbonyl (C=O) groups excluding carboxylic acids is 2. The number of benzene rings is 3. The first-order valence-electron chi connectivity index (χ1n) is 9.23. The lowest BCUT2D eigenvalue weighted by Gasteiger charge is -2.07. The highest BCUT2D eigenvalue weighted by Gasteiger charge is 2.10. The predicted octanol–water partition coefficient (Wildman–Crippen LogP) is 5.94. The summed E-state index contributed by atoms with van der Waals surface area (Å²) in [6, 6.07) is 18.2. The minimum Gasteiger partial charge on any atom is -0.423 e. The number of allylic oxidation sites excluding steroid dienone is 3. The fourth-order valence-electron chi connectivity index (χ4n) is 2.95. The summed E-state index contributed by atoms with van der Waals surface area (Å²) in [5.74, 6) is -0.0400. The van der Waals surface area contributed by atoms with Gasteiger partial charge in [0.1, 0.15) is 5.75 Å². The molecule has 0 aliphatic rings. The van der Waals surface area contributed by atoms with Crippen LogP contribution in [0.2, 0.25) is 0 Å². The third-order valence-electron chi connectivity index (χ3n) is 4.52. The van der Waals surface area contributed by atoms with Crippen LogP contribution >= 0.6 is 0 Å². The molecule has 0 aliphatic carbocycles. The van der Waals surface area contributed by atoms with Crippen molar-refractivity contribution in [3.63, 3.8) is 0 Å². The zero-order valence-corrected chi connectivity index (χ0v) is 15.9.